The molecule has 8 heteroatoms. The minimum absolute atomic E-state index is 0.00266. The first kappa shape index (κ1) is 21.0. The molecule has 1 aliphatic rings. The van der Waals surface area contributed by atoms with Crippen LogP contribution in [0.5, 0.6) is 0 Å². The lowest BCUT2D eigenvalue weighted by Gasteiger charge is -2.04. The summed E-state index contributed by atoms with van der Waals surface area (Å²) in [5.41, 5.74) is 5.99. The quantitative estimate of drug-likeness (QED) is 0.212. The number of carbonyl (C=O) groups is 2. The van der Waals surface area contributed by atoms with E-state index >= 15 is 0 Å². The molecular formula is C24H19Br2N3O3. The number of rotatable bonds is 1. The Labute approximate surface area is 199 Å². The fourth-order valence-electron chi connectivity index (χ4n) is 4.44. The number of benzene rings is 3. The van der Waals surface area contributed by atoms with E-state index in [0.717, 1.165) is 63.7 Å². The van der Waals surface area contributed by atoms with Gasteiger partial charge in [-0.05, 0) is 48.9 Å². The van der Waals surface area contributed by atoms with Gasteiger partial charge in [-0.2, -0.15) is 0 Å². The van der Waals surface area contributed by atoms with Crippen molar-refractivity contribution in [3.63, 3.8) is 0 Å². The average molecular weight is 557 g/mol. The van der Waals surface area contributed by atoms with E-state index in [-0.39, 0.29) is 11.9 Å². The van der Waals surface area contributed by atoms with Gasteiger partial charge in [0.05, 0.1) is 23.2 Å². The predicted octanol–water partition coefficient (Wildman–Crippen LogP) is 6.29. The molecule has 2 aromatic heterocycles. The zero-order chi connectivity index (χ0) is 22.6. The number of nitrogens with one attached hydrogen (secondary N) is 3. The second-order valence-electron chi connectivity index (χ2n) is 7.59. The number of esters is 1. The van der Waals surface area contributed by atoms with Crippen LogP contribution in [0.1, 0.15) is 29.8 Å². The maximum Gasteiger partial charge on any atom is 0.302 e. The smallest absolute Gasteiger partial charge is 0.302 e. The van der Waals surface area contributed by atoms with Crippen molar-refractivity contribution in [3.8, 4) is 0 Å². The molecule has 3 aromatic carbocycles. The molecule has 162 valence electrons. The Morgan fingerprint density at radius 1 is 0.969 bits per heavy atom. The first-order valence-electron chi connectivity index (χ1n) is 10.2. The van der Waals surface area contributed by atoms with Crippen LogP contribution >= 0.6 is 31.9 Å². The third-order valence-electron chi connectivity index (χ3n) is 5.63. The molecule has 6 rings (SSSR count). The van der Waals surface area contributed by atoms with Crippen molar-refractivity contribution in [3.05, 3.63) is 56.5 Å². The highest BCUT2D eigenvalue weighted by Gasteiger charge is 2.29. The molecule has 1 aliphatic heterocycles. The summed E-state index contributed by atoms with van der Waals surface area (Å²) in [6, 6.07) is 12.3. The molecule has 0 unspecified atom stereocenters. The molecule has 5 aromatic rings. The number of H-pyrrole nitrogens is 2. The van der Waals surface area contributed by atoms with Crippen LogP contribution in [0.2, 0.25) is 0 Å². The molecule has 0 aliphatic carbocycles. The lowest BCUT2D eigenvalue weighted by atomic mass is 9.97. The van der Waals surface area contributed by atoms with Gasteiger partial charge in [0.25, 0.3) is 5.91 Å². The number of aromatic amines is 2. The second-order valence-corrected chi connectivity index (χ2v) is 9.42. The van der Waals surface area contributed by atoms with Crippen molar-refractivity contribution in [2.45, 2.75) is 20.4 Å². The van der Waals surface area contributed by atoms with Gasteiger partial charge in [-0.1, -0.05) is 31.9 Å². The number of fused-ring (bicyclic) bond motifs is 10. The fourth-order valence-corrected chi connectivity index (χ4v) is 5.16. The van der Waals surface area contributed by atoms with Gasteiger partial charge in [0.15, 0.2) is 0 Å². The van der Waals surface area contributed by atoms with Crippen molar-refractivity contribution in [1.29, 1.82) is 0 Å². The van der Waals surface area contributed by atoms with Crippen molar-refractivity contribution >= 4 is 87.3 Å². The van der Waals surface area contributed by atoms with Crippen molar-refractivity contribution in [2.75, 3.05) is 6.61 Å². The normalized spacial score (nSPS) is 12.8. The Hall–Kier alpha value is -2.84. The first-order valence-corrected chi connectivity index (χ1v) is 11.8. The van der Waals surface area contributed by atoms with Crippen molar-refractivity contribution in [2.24, 2.45) is 0 Å². The maximum atomic E-state index is 12.7. The van der Waals surface area contributed by atoms with E-state index in [2.05, 4.69) is 70.1 Å². The summed E-state index contributed by atoms with van der Waals surface area (Å²) in [7, 11) is 0. The molecule has 0 atom stereocenters. The molecule has 0 saturated carbocycles. The van der Waals surface area contributed by atoms with Crippen LogP contribution < -0.4 is 5.32 Å². The molecule has 3 heterocycles. The molecule has 6 nitrogen and oxygen atoms in total. The Bertz CT molecular complexity index is 1570. The van der Waals surface area contributed by atoms with Gasteiger partial charge >= 0.3 is 5.97 Å². The van der Waals surface area contributed by atoms with E-state index in [1.165, 1.54) is 6.92 Å². The van der Waals surface area contributed by atoms with Gasteiger partial charge in [0, 0.05) is 55.0 Å². The molecule has 0 radical (unpaired) electrons. The van der Waals surface area contributed by atoms with Crippen molar-refractivity contribution in [1.82, 2.24) is 15.3 Å². The van der Waals surface area contributed by atoms with E-state index in [1.807, 2.05) is 18.2 Å². The van der Waals surface area contributed by atoms with Crippen LogP contribution in [-0.2, 0) is 16.1 Å². The van der Waals surface area contributed by atoms with Gasteiger partial charge in [0.1, 0.15) is 0 Å². The number of carbonyl (C=O) groups excluding carboxylic acids is 2. The highest BCUT2D eigenvalue weighted by atomic mass is 79.9. The highest BCUT2D eigenvalue weighted by molar-refractivity contribution is 9.10. The standard InChI is InChI=1S/C20H11Br2N3O.C4H8O2/c21-8-1-3-13-10(5-8)15-12-7-23-20(26)17(12)16-11-6-9(22)2-4-14(11)25-19(16)18(15)24-13;1-3-6-4(2)5/h1-6,24-25H,7H2,(H,23,26);3H2,1-2H3. The van der Waals surface area contributed by atoms with Gasteiger partial charge < -0.3 is 20.0 Å². The van der Waals surface area contributed by atoms with E-state index in [4.69, 9.17) is 0 Å². The minimum Gasteiger partial charge on any atom is -0.466 e. The lowest BCUT2D eigenvalue weighted by Crippen LogP contribution is -2.12. The SMILES string of the molecule is CCOC(C)=O.O=C1NCc2c1c1c3cc(Br)ccc3[nH]c1c1[nH]c3ccc(Br)cc3c21. The topological polar surface area (TPSA) is 87.0 Å². The number of aromatic nitrogens is 2. The summed E-state index contributed by atoms with van der Waals surface area (Å²) >= 11 is 7.13. The van der Waals surface area contributed by atoms with Crippen LogP contribution in [0.15, 0.2) is 45.3 Å². The number of hydrogen-bond acceptors (Lipinski definition) is 3. The summed E-state index contributed by atoms with van der Waals surface area (Å²) in [6.07, 6.45) is 0. The molecule has 0 bridgehead atoms. The number of hydrogen-bond donors (Lipinski definition) is 3. The van der Waals surface area contributed by atoms with E-state index in [1.54, 1.807) is 6.92 Å². The minimum atomic E-state index is -0.211. The molecule has 1 amide bonds. The Morgan fingerprint density at radius 2 is 1.53 bits per heavy atom. The van der Waals surface area contributed by atoms with Gasteiger partial charge in [0.2, 0.25) is 0 Å². The highest BCUT2D eigenvalue weighted by Crippen LogP contribution is 2.42. The maximum absolute atomic E-state index is 12.7. The van der Waals surface area contributed by atoms with Crippen LogP contribution in [-0.4, -0.2) is 28.5 Å². The van der Waals surface area contributed by atoms with Gasteiger partial charge in [-0.25, -0.2) is 0 Å². The number of ether oxygens (including phenoxy) is 1. The van der Waals surface area contributed by atoms with Crippen LogP contribution in [0.3, 0.4) is 0 Å². The lowest BCUT2D eigenvalue weighted by molar-refractivity contribution is -0.140. The Morgan fingerprint density at radius 3 is 2.06 bits per heavy atom. The largest absolute Gasteiger partial charge is 0.466 e. The third-order valence-corrected chi connectivity index (χ3v) is 6.61. The summed E-state index contributed by atoms with van der Waals surface area (Å²) in [5.74, 6) is -0.213. The number of amides is 1. The van der Waals surface area contributed by atoms with E-state index in [9.17, 15) is 9.59 Å². The van der Waals surface area contributed by atoms with Crippen LogP contribution in [0.25, 0.3) is 43.6 Å². The van der Waals surface area contributed by atoms with Gasteiger partial charge in [-0.3, -0.25) is 9.59 Å². The van der Waals surface area contributed by atoms with E-state index < -0.39 is 0 Å². The summed E-state index contributed by atoms with van der Waals surface area (Å²) in [4.78, 5) is 29.6. The zero-order valence-corrected chi connectivity index (χ0v) is 20.5. The van der Waals surface area contributed by atoms with Crippen LogP contribution in [0, 0.1) is 0 Å². The van der Waals surface area contributed by atoms with Crippen LogP contribution in [0.4, 0.5) is 0 Å². The zero-order valence-electron chi connectivity index (χ0n) is 17.4. The second kappa shape index (κ2) is 7.94. The van der Waals surface area contributed by atoms with Gasteiger partial charge in [-0.15, -0.1) is 0 Å². The molecule has 3 N–H and O–H groups in total. The predicted molar refractivity (Wildman–Crippen MR) is 134 cm³/mol. The third kappa shape index (κ3) is 3.29. The fraction of sp³-hybridized carbons (Fsp3) is 0.167. The Balaban J connectivity index is 0.000000322. The monoisotopic (exact) mass is 555 g/mol. The van der Waals surface area contributed by atoms with Crippen molar-refractivity contribution < 1.29 is 14.3 Å². The summed E-state index contributed by atoms with van der Waals surface area (Å²) in [5, 5.41) is 7.31. The molecule has 0 spiro atoms. The summed E-state index contributed by atoms with van der Waals surface area (Å²) in [6.45, 7) is 4.21. The van der Waals surface area contributed by atoms with E-state index in [0.29, 0.717) is 13.2 Å². The number of halogens is 2. The molecule has 0 saturated heterocycles. The first-order chi connectivity index (χ1) is 15.4. The summed E-state index contributed by atoms with van der Waals surface area (Å²) < 4.78 is 6.43. The molecule has 32 heavy (non-hydrogen) atoms. The Kier molecular flexibility index (Phi) is 5.22. The molecular weight excluding hydrogens is 538 g/mol. The molecule has 0 fully saturated rings. The average Bonchev–Trinajstić information content (AvgIpc) is 3.41.